The molecule has 1 N–H and O–H groups in total. The number of aliphatic hydroxyl groups excluding tert-OH is 1. The zero-order valence-corrected chi connectivity index (χ0v) is 15.9. The average molecular weight is 363 g/mol. The highest BCUT2D eigenvalue weighted by Gasteiger charge is 2.15. The summed E-state index contributed by atoms with van der Waals surface area (Å²) in [7, 11) is 0. The van der Waals surface area contributed by atoms with Gasteiger partial charge < -0.3 is 5.11 Å². The number of nitrogens with zero attached hydrogens (tertiary/aromatic N) is 1. The molecule has 3 rings (SSSR count). The largest absolute Gasteiger partial charge is 0.387 e. The molecule has 0 spiro atoms. The molecule has 0 aromatic heterocycles. The molecule has 2 nitrogen and oxygen atoms in total. The van der Waals surface area contributed by atoms with Crippen LogP contribution in [0.4, 0.5) is 4.39 Å². The van der Waals surface area contributed by atoms with Crippen LogP contribution in [-0.4, -0.2) is 16.6 Å². The van der Waals surface area contributed by atoms with Gasteiger partial charge in [-0.3, -0.25) is 4.90 Å². The van der Waals surface area contributed by atoms with Crippen LogP contribution < -0.4 is 0 Å². The van der Waals surface area contributed by atoms with Crippen molar-refractivity contribution >= 4 is 0 Å². The van der Waals surface area contributed by atoms with E-state index in [1.807, 2.05) is 30.3 Å². The molecule has 0 heterocycles. The quantitative estimate of drug-likeness (QED) is 0.625. The van der Waals surface area contributed by atoms with Gasteiger partial charge in [-0.1, -0.05) is 66.2 Å². The van der Waals surface area contributed by atoms with Gasteiger partial charge in [0.05, 0.1) is 6.10 Å². The van der Waals surface area contributed by atoms with E-state index in [0.717, 1.165) is 17.7 Å². The highest BCUT2D eigenvalue weighted by molar-refractivity contribution is 5.30. The molecule has 140 valence electrons. The Morgan fingerprint density at radius 3 is 2.30 bits per heavy atom. The topological polar surface area (TPSA) is 23.5 Å². The molecule has 0 saturated carbocycles. The lowest BCUT2D eigenvalue weighted by Gasteiger charge is -2.26. The lowest BCUT2D eigenvalue weighted by atomic mass is 10.0. The summed E-state index contributed by atoms with van der Waals surface area (Å²) in [6.45, 7) is 6.09. The van der Waals surface area contributed by atoms with Crippen LogP contribution in [0.3, 0.4) is 0 Å². The van der Waals surface area contributed by atoms with E-state index in [9.17, 15) is 9.50 Å². The first-order valence-corrected chi connectivity index (χ1v) is 9.27. The predicted octanol–water partition coefficient (Wildman–Crippen LogP) is 5.18. The van der Waals surface area contributed by atoms with E-state index < -0.39 is 6.10 Å². The number of aryl methyl sites for hydroxylation is 2. The van der Waals surface area contributed by atoms with Gasteiger partial charge in [-0.15, -0.1) is 0 Å². The average Bonchev–Trinajstić information content (AvgIpc) is 2.67. The van der Waals surface area contributed by atoms with Crippen molar-refractivity contribution in [3.05, 3.63) is 106 Å². The Morgan fingerprint density at radius 2 is 1.59 bits per heavy atom. The summed E-state index contributed by atoms with van der Waals surface area (Å²) in [4.78, 5) is 2.21. The van der Waals surface area contributed by atoms with Crippen LogP contribution >= 0.6 is 0 Å². The Hall–Kier alpha value is -2.49. The number of hydrogen-bond donors (Lipinski definition) is 1. The van der Waals surface area contributed by atoms with Gasteiger partial charge in [0, 0.05) is 19.6 Å². The van der Waals surface area contributed by atoms with Gasteiger partial charge in [0.25, 0.3) is 0 Å². The minimum absolute atomic E-state index is 0.232. The second-order valence-corrected chi connectivity index (χ2v) is 7.15. The van der Waals surface area contributed by atoms with Crippen molar-refractivity contribution in [2.45, 2.75) is 33.0 Å². The fourth-order valence-corrected chi connectivity index (χ4v) is 3.27. The van der Waals surface area contributed by atoms with E-state index in [0.29, 0.717) is 13.1 Å². The number of hydrogen-bond acceptors (Lipinski definition) is 2. The van der Waals surface area contributed by atoms with E-state index in [1.165, 1.54) is 28.8 Å². The molecule has 1 atom stereocenters. The van der Waals surface area contributed by atoms with Crippen molar-refractivity contribution in [2.24, 2.45) is 0 Å². The van der Waals surface area contributed by atoms with Gasteiger partial charge in [-0.25, -0.2) is 4.39 Å². The smallest absolute Gasteiger partial charge is 0.123 e. The van der Waals surface area contributed by atoms with E-state index >= 15 is 0 Å². The Bertz CT molecular complexity index is 861. The minimum atomic E-state index is -0.572. The van der Waals surface area contributed by atoms with Gasteiger partial charge >= 0.3 is 0 Å². The fourth-order valence-electron chi connectivity index (χ4n) is 3.27. The van der Waals surface area contributed by atoms with Crippen molar-refractivity contribution < 1.29 is 9.50 Å². The summed E-state index contributed by atoms with van der Waals surface area (Å²) >= 11 is 0. The van der Waals surface area contributed by atoms with Gasteiger partial charge in [-0.2, -0.15) is 0 Å². The van der Waals surface area contributed by atoms with Crippen molar-refractivity contribution in [3.63, 3.8) is 0 Å². The minimum Gasteiger partial charge on any atom is -0.387 e. The number of aliphatic hydroxyl groups is 1. The Balaban J connectivity index is 1.81. The third kappa shape index (κ3) is 5.49. The van der Waals surface area contributed by atoms with Crippen LogP contribution in [0.15, 0.2) is 72.8 Å². The van der Waals surface area contributed by atoms with Gasteiger partial charge in [-0.05, 0) is 48.2 Å². The molecule has 0 aliphatic carbocycles. The summed E-state index contributed by atoms with van der Waals surface area (Å²) in [5.41, 5.74) is 5.64. The van der Waals surface area contributed by atoms with Crippen LogP contribution in [0.25, 0.3) is 0 Å². The van der Waals surface area contributed by atoms with E-state index in [4.69, 9.17) is 0 Å². The molecule has 0 aliphatic heterocycles. The monoisotopic (exact) mass is 363 g/mol. The summed E-state index contributed by atoms with van der Waals surface area (Å²) in [6, 6.07) is 22.7. The van der Waals surface area contributed by atoms with Crippen molar-refractivity contribution in [2.75, 3.05) is 6.54 Å². The second kappa shape index (κ2) is 8.94. The summed E-state index contributed by atoms with van der Waals surface area (Å²) < 4.78 is 13.2. The van der Waals surface area contributed by atoms with Gasteiger partial charge in [0.15, 0.2) is 0 Å². The second-order valence-electron chi connectivity index (χ2n) is 7.15. The molecule has 27 heavy (non-hydrogen) atoms. The maximum atomic E-state index is 13.2. The SMILES string of the molecule is Cc1ccc(C)c(CN(Cc2ccc(F)cc2)CC(O)c2ccccc2)c1. The van der Waals surface area contributed by atoms with E-state index in [-0.39, 0.29) is 5.82 Å². The molecule has 1 unspecified atom stereocenters. The zero-order chi connectivity index (χ0) is 19.2. The van der Waals surface area contributed by atoms with Crippen molar-refractivity contribution in [1.29, 1.82) is 0 Å². The zero-order valence-electron chi connectivity index (χ0n) is 15.9. The molecule has 0 saturated heterocycles. The third-order valence-electron chi connectivity index (χ3n) is 4.83. The molecular formula is C24H26FNO. The van der Waals surface area contributed by atoms with E-state index in [1.54, 1.807) is 12.1 Å². The molecular weight excluding hydrogens is 337 g/mol. The molecule has 0 amide bonds. The first kappa shape index (κ1) is 19.3. The van der Waals surface area contributed by atoms with Crippen LogP contribution in [0.1, 0.15) is 33.9 Å². The van der Waals surface area contributed by atoms with Crippen LogP contribution in [0, 0.1) is 19.7 Å². The van der Waals surface area contributed by atoms with Crippen molar-refractivity contribution in [1.82, 2.24) is 4.90 Å². The number of halogens is 1. The summed E-state index contributed by atoms with van der Waals surface area (Å²) in [5, 5.41) is 10.7. The molecule has 3 heteroatoms. The Kier molecular flexibility index (Phi) is 6.38. The standard InChI is InChI=1S/C24H26FNO/c1-18-8-9-19(2)22(14-18)16-26(15-20-10-12-23(25)13-11-20)17-24(27)21-6-4-3-5-7-21/h3-14,24,27H,15-17H2,1-2H3. The maximum absolute atomic E-state index is 13.2. The van der Waals surface area contributed by atoms with Crippen LogP contribution in [-0.2, 0) is 13.1 Å². The predicted molar refractivity (Wildman–Crippen MR) is 108 cm³/mol. The molecule has 0 aliphatic rings. The van der Waals surface area contributed by atoms with Gasteiger partial charge in [0.1, 0.15) is 5.82 Å². The molecule has 0 radical (unpaired) electrons. The highest BCUT2D eigenvalue weighted by Crippen LogP contribution is 2.20. The summed E-state index contributed by atoms with van der Waals surface area (Å²) in [6.07, 6.45) is -0.572. The van der Waals surface area contributed by atoms with Gasteiger partial charge in [0.2, 0.25) is 0 Å². The number of benzene rings is 3. The van der Waals surface area contributed by atoms with Crippen LogP contribution in [0.5, 0.6) is 0 Å². The molecule has 0 fully saturated rings. The molecule has 3 aromatic carbocycles. The Morgan fingerprint density at radius 1 is 0.889 bits per heavy atom. The molecule has 0 bridgehead atoms. The lowest BCUT2D eigenvalue weighted by Crippen LogP contribution is -2.28. The van der Waals surface area contributed by atoms with Crippen molar-refractivity contribution in [3.8, 4) is 0 Å². The first-order valence-electron chi connectivity index (χ1n) is 9.27. The Labute approximate surface area is 160 Å². The first-order chi connectivity index (χ1) is 13.0. The highest BCUT2D eigenvalue weighted by atomic mass is 19.1. The number of rotatable bonds is 7. The lowest BCUT2D eigenvalue weighted by molar-refractivity contribution is 0.105. The fraction of sp³-hybridized carbons (Fsp3) is 0.250. The van der Waals surface area contributed by atoms with E-state index in [2.05, 4.69) is 36.9 Å². The maximum Gasteiger partial charge on any atom is 0.123 e. The molecule has 3 aromatic rings. The summed E-state index contributed by atoms with van der Waals surface area (Å²) in [5.74, 6) is -0.232. The van der Waals surface area contributed by atoms with Crippen LogP contribution in [0.2, 0.25) is 0 Å². The third-order valence-corrected chi connectivity index (χ3v) is 4.83. The normalized spacial score (nSPS) is 12.3.